The van der Waals surface area contributed by atoms with E-state index in [2.05, 4.69) is 94.4 Å². The van der Waals surface area contributed by atoms with Crippen molar-refractivity contribution < 1.29 is 0 Å². The highest BCUT2D eigenvalue weighted by Crippen LogP contribution is 2.41. The second-order valence-corrected chi connectivity index (χ2v) is 8.61. The molecular formula is C28H30N2. The van der Waals surface area contributed by atoms with E-state index in [1.54, 1.807) is 6.21 Å². The summed E-state index contributed by atoms with van der Waals surface area (Å²) in [5.41, 5.74) is 11.3. The van der Waals surface area contributed by atoms with E-state index in [1.165, 1.54) is 55.3 Å². The van der Waals surface area contributed by atoms with Crippen LogP contribution in [0.5, 0.6) is 0 Å². The average Bonchev–Trinajstić information content (AvgIpc) is 3.18. The molecule has 0 saturated carbocycles. The summed E-state index contributed by atoms with van der Waals surface area (Å²) in [6.45, 7) is 7.48. The van der Waals surface area contributed by atoms with Crippen LogP contribution >= 0.6 is 0 Å². The Morgan fingerprint density at radius 2 is 1.73 bits per heavy atom. The molecule has 1 N–H and O–H groups in total. The van der Waals surface area contributed by atoms with Crippen LogP contribution in [-0.4, -0.2) is 31.8 Å². The van der Waals surface area contributed by atoms with Gasteiger partial charge >= 0.3 is 0 Å². The molecule has 152 valence electrons. The molecule has 30 heavy (non-hydrogen) atoms. The molecule has 4 rings (SSSR count). The van der Waals surface area contributed by atoms with Crippen LogP contribution in [0.2, 0.25) is 0 Å². The lowest BCUT2D eigenvalue weighted by Gasteiger charge is -2.21. The highest BCUT2D eigenvalue weighted by Gasteiger charge is 2.21. The Kier molecular flexibility index (Phi) is 5.44. The second-order valence-electron chi connectivity index (χ2n) is 8.61. The summed E-state index contributed by atoms with van der Waals surface area (Å²) in [7, 11) is 4.22. The SMILES string of the molecule is Cc1ccc(-c2c(C=N)c(C3=C(CN(C)C)C=CC3)cc3ccccc23)c(C)c1C. The number of aryl methyl sites for hydroxylation is 1. The highest BCUT2D eigenvalue weighted by atomic mass is 15.0. The minimum absolute atomic E-state index is 0.911. The molecule has 0 aliphatic heterocycles. The van der Waals surface area contributed by atoms with Crippen LogP contribution in [-0.2, 0) is 0 Å². The zero-order valence-corrected chi connectivity index (χ0v) is 18.6. The van der Waals surface area contributed by atoms with Gasteiger partial charge in [-0.2, -0.15) is 0 Å². The first-order valence-corrected chi connectivity index (χ1v) is 10.6. The monoisotopic (exact) mass is 394 g/mol. The van der Waals surface area contributed by atoms with Gasteiger partial charge in [0, 0.05) is 18.3 Å². The van der Waals surface area contributed by atoms with Crippen LogP contribution < -0.4 is 0 Å². The van der Waals surface area contributed by atoms with E-state index in [0.717, 1.165) is 18.5 Å². The molecule has 2 nitrogen and oxygen atoms in total. The van der Waals surface area contributed by atoms with Crippen molar-refractivity contribution in [3.05, 3.63) is 88.0 Å². The number of rotatable bonds is 5. The molecule has 0 radical (unpaired) electrons. The van der Waals surface area contributed by atoms with E-state index >= 15 is 0 Å². The zero-order chi connectivity index (χ0) is 21.4. The summed E-state index contributed by atoms with van der Waals surface area (Å²) in [5.74, 6) is 0. The van der Waals surface area contributed by atoms with Crippen molar-refractivity contribution >= 4 is 22.6 Å². The summed E-state index contributed by atoms with van der Waals surface area (Å²) >= 11 is 0. The molecule has 0 spiro atoms. The molecule has 0 heterocycles. The number of nitrogens with one attached hydrogen (secondary N) is 1. The molecule has 3 aromatic carbocycles. The molecule has 0 aromatic heterocycles. The lowest BCUT2D eigenvalue weighted by atomic mass is 9.83. The lowest BCUT2D eigenvalue weighted by molar-refractivity contribution is 0.450. The number of benzene rings is 3. The quantitative estimate of drug-likeness (QED) is 0.479. The van der Waals surface area contributed by atoms with Crippen LogP contribution in [0, 0.1) is 26.2 Å². The minimum atomic E-state index is 0.911. The van der Waals surface area contributed by atoms with E-state index in [4.69, 9.17) is 5.41 Å². The maximum atomic E-state index is 8.41. The Morgan fingerprint density at radius 1 is 0.967 bits per heavy atom. The molecule has 0 bridgehead atoms. The molecule has 1 aliphatic rings. The molecule has 0 saturated heterocycles. The van der Waals surface area contributed by atoms with E-state index in [0.29, 0.717) is 0 Å². The molecule has 2 heteroatoms. The summed E-state index contributed by atoms with van der Waals surface area (Å²) < 4.78 is 0. The van der Waals surface area contributed by atoms with Crippen LogP contribution in [0.3, 0.4) is 0 Å². The van der Waals surface area contributed by atoms with Crippen LogP contribution in [0.1, 0.15) is 34.2 Å². The summed E-state index contributed by atoms with van der Waals surface area (Å²) in [4.78, 5) is 2.21. The molecule has 3 aromatic rings. The number of likely N-dealkylation sites (N-methyl/N-ethyl adjacent to an activating group) is 1. The summed E-state index contributed by atoms with van der Waals surface area (Å²) in [6.07, 6.45) is 6.98. The Hall–Kier alpha value is -2.97. The fraction of sp³-hybridized carbons (Fsp3) is 0.250. The molecule has 1 aliphatic carbocycles. The Bertz CT molecular complexity index is 1210. The molecule has 0 fully saturated rings. The largest absolute Gasteiger partial charge is 0.308 e. The van der Waals surface area contributed by atoms with E-state index < -0.39 is 0 Å². The number of allylic oxidation sites excluding steroid dienone is 2. The fourth-order valence-corrected chi connectivity index (χ4v) is 4.60. The first-order valence-electron chi connectivity index (χ1n) is 10.6. The Morgan fingerprint density at radius 3 is 2.47 bits per heavy atom. The van der Waals surface area contributed by atoms with Crippen molar-refractivity contribution in [3.8, 4) is 11.1 Å². The molecule has 0 amide bonds. The summed E-state index contributed by atoms with van der Waals surface area (Å²) in [6, 6.07) is 15.3. The fourth-order valence-electron chi connectivity index (χ4n) is 4.60. The predicted octanol–water partition coefficient (Wildman–Crippen LogP) is 6.70. The van der Waals surface area contributed by atoms with Gasteiger partial charge in [0.25, 0.3) is 0 Å². The van der Waals surface area contributed by atoms with Gasteiger partial charge in [-0.15, -0.1) is 0 Å². The number of nitrogens with zero attached hydrogens (tertiary/aromatic N) is 1. The Balaban J connectivity index is 2.09. The van der Waals surface area contributed by atoms with Crippen molar-refractivity contribution in [2.75, 3.05) is 20.6 Å². The second kappa shape index (κ2) is 8.04. The number of hydrogen-bond donors (Lipinski definition) is 1. The van der Waals surface area contributed by atoms with Gasteiger partial charge in [-0.1, -0.05) is 48.6 Å². The van der Waals surface area contributed by atoms with Gasteiger partial charge in [0.2, 0.25) is 0 Å². The lowest BCUT2D eigenvalue weighted by Crippen LogP contribution is -2.14. The van der Waals surface area contributed by atoms with Crippen molar-refractivity contribution in [1.82, 2.24) is 4.90 Å². The van der Waals surface area contributed by atoms with Crippen molar-refractivity contribution in [3.63, 3.8) is 0 Å². The third-order valence-electron chi connectivity index (χ3n) is 6.40. The first-order chi connectivity index (χ1) is 14.4. The minimum Gasteiger partial charge on any atom is -0.308 e. The molecular weight excluding hydrogens is 364 g/mol. The third-order valence-corrected chi connectivity index (χ3v) is 6.40. The standard InChI is InChI=1S/C28H30N2/c1-18-13-14-23(20(3)19(18)2)28-25-11-7-6-9-21(25)15-26(27(28)16-29)24-12-8-10-22(24)17-30(4)5/h6-11,13-16,29H,12,17H2,1-5H3. The van der Waals surface area contributed by atoms with Crippen molar-refractivity contribution in [2.45, 2.75) is 27.2 Å². The number of fused-ring (bicyclic) bond motifs is 1. The first kappa shape index (κ1) is 20.3. The smallest absolute Gasteiger partial charge is 0.0262 e. The van der Waals surface area contributed by atoms with Gasteiger partial charge < -0.3 is 10.3 Å². The maximum Gasteiger partial charge on any atom is 0.0262 e. The Labute approximate surface area is 180 Å². The van der Waals surface area contributed by atoms with E-state index in [-0.39, 0.29) is 0 Å². The zero-order valence-electron chi connectivity index (χ0n) is 18.6. The highest BCUT2D eigenvalue weighted by molar-refractivity contribution is 6.09. The normalized spacial score (nSPS) is 13.7. The van der Waals surface area contributed by atoms with Gasteiger partial charge in [0.1, 0.15) is 0 Å². The van der Waals surface area contributed by atoms with Gasteiger partial charge in [0.05, 0.1) is 0 Å². The van der Waals surface area contributed by atoms with Crippen LogP contribution in [0.15, 0.2) is 60.2 Å². The third kappa shape index (κ3) is 3.42. The molecule has 0 unspecified atom stereocenters. The van der Waals surface area contributed by atoms with Gasteiger partial charge in [-0.05, 0) is 103 Å². The van der Waals surface area contributed by atoms with Gasteiger partial charge in [0.15, 0.2) is 0 Å². The van der Waals surface area contributed by atoms with Gasteiger partial charge in [-0.25, -0.2) is 0 Å². The predicted molar refractivity (Wildman–Crippen MR) is 131 cm³/mol. The summed E-state index contributed by atoms with van der Waals surface area (Å²) in [5, 5.41) is 10.9. The van der Waals surface area contributed by atoms with Gasteiger partial charge in [-0.3, -0.25) is 0 Å². The number of hydrogen-bond acceptors (Lipinski definition) is 2. The molecule has 0 atom stereocenters. The average molecular weight is 395 g/mol. The van der Waals surface area contributed by atoms with Crippen molar-refractivity contribution in [1.29, 1.82) is 5.41 Å². The van der Waals surface area contributed by atoms with Crippen molar-refractivity contribution in [2.24, 2.45) is 0 Å². The van der Waals surface area contributed by atoms with E-state index in [1.807, 2.05) is 0 Å². The van der Waals surface area contributed by atoms with Crippen LogP contribution in [0.25, 0.3) is 27.5 Å². The van der Waals surface area contributed by atoms with E-state index in [9.17, 15) is 0 Å². The topological polar surface area (TPSA) is 27.1 Å². The van der Waals surface area contributed by atoms with Crippen LogP contribution in [0.4, 0.5) is 0 Å². The maximum absolute atomic E-state index is 8.41.